The topological polar surface area (TPSA) is 193 Å². The molecule has 5 aliphatic carbocycles. The Bertz CT molecular complexity index is 1040. The van der Waals surface area contributed by atoms with Crippen LogP contribution in [0.2, 0.25) is 0 Å². The minimum Gasteiger partial charge on any atom is -0.748 e. The van der Waals surface area contributed by atoms with Crippen LogP contribution in [0.4, 0.5) is 0 Å². The summed E-state index contributed by atoms with van der Waals surface area (Å²) in [7, 11) is -4.64. The van der Waals surface area contributed by atoms with Gasteiger partial charge in [0.1, 0.15) is 6.04 Å². The SMILES string of the molecule is NC1CCC2CC(S(=O)(=O)[O-])C(N=NC3CCC(N=NC4CCC(C(=O)[O-])CC4)C4CCCCC34)C(O)C2C1.[Na+].[Na+]. The number of azo groups is 2. The summed E-state index contributed by atoms with van der Waals surface area (Å²) < 4.78 is 36.6. The maximum atomic E-state index is 12.2. The van der Waals surface area contributed by atoms with Gasteiger partial charge in [-0.2, -0.15) is 20.5 Å². The monoisotopic (exact) mass is 611 g/mol. The van der Waals surface area contributed by atoms with Gasteiger partial charge < -0.3 is 25.3 Å². The fourth-order valence-electron chi connectivity index (χ4n) is 8.32. The van der Waals surface area contributed by atoms with Gasteiger partial charge in [0.05, 0.1) is 39.6 Å². The number of hydrogen-bond acceptors (Lipinski definition) is 11. The second-order valence-corrected chi connectivity index (χ2v) is 14.4. The molecule has 10 unspecified atom stereocenters. The smallest absolute Gasteiger partial charge is 0.748 e. The van der Waals surface area contributed by atoms with E-state index in [0.717, 1.165) is 64.2 Å². The summed E-state index contributed by atoms with van der Waals surface area (Å²) in [6.07, 6.45) is 9.70. The fraction of sp³-hybridized carbons (Fsp3) is 0.963. The van der Waals surface area contributed by atoms with E-state index in [0.29, 0.717) is 25.2 Å². The van der Waals surface area contributed by atoms with Gasteiger partial charge in [-0.3, -0.25) is 0 Å². The average molecular weight is 612 g/mol. The summed E-state index contributed by atoms with van der Waals surface area (Å²) in [5, 5.41) is 39.6. The molecule has 0 saturated heterocycles. The average Bonchev–Trinajstić information content (AvgIpc) is 2.91. The molecule has 11 nitrogen and oxygen atoms in total. The van der Waals surface area contributed by atoms with Crippen LogP contribution in [-0.4, -0.2) is 65.6 Å². The number of aliphatic hydroxyl groups is 1. The number of rotatable bonds is 6. The predicted molar refractivity (Wildman–Crippen MR) is 139 cm³/mol. The molecule has 5 fully saturated rings. The van der Waals surface area contributed by atoms with Crippen molar-refractivity contribution in [1.29, 1.82) is 0 Å². The van der Waals surface area contributed by atoms with Crippen molar-refractivity contribution in [3.05, 3.63) is 0 Å². The van der Waals surface area contributed by atoms with Crippen molar-refractivity contribution in [2.24, 2.45) is 55.8 Å². The van der Waals surface area contributed by atoms with Crippen LogP contribution < -0.4 is 70.0 Å². The van der Waals surface area contributed by atoms with Gasteiger partial charge in [-0.15, -0.1) is 0 Å². The summed E-state index contributed by atoms with van der Waals surface area (Å²) in [5.41, 5.74) is 6.15. The van der Waals surface area contributed by atoms with Crippen molar-refractivity contribution in [3.8, 4) is 0 Å². The largest absolute Gasteiger partial charge is 1.00 e. The van der Waals surface area contributed by atoms with Crippen LogP contribution in [0.1, 0.15) is 89.9 Å². The number of fused-ring (bicyclic) bond motifs is 2. The molecule has 0 spiro atoms. The van der Waals surface area contributed by atoms with Gasteiger partial charge >= 0.3 is 59.1 Å². The number of hydrogen-bond donors (Lipinski definition) is 2. The van der Waals surface area contributed by atoms with E-state index in [4.69, 9.17) is 10.8 Å². The second-order valence-electron chi connectivity index (χ2n) is 12.9. The first-order chi connectivity index (χ1) is 18.6. The molecule has 3 N–H and O–H groups in total. The van der Waals surface area contributed by atoms with Crippen LogP contribution >= 0.6 is 0 Å². The van der Waals surface area contributed by atoms with E-state index in [1.54, 1.807) is 0 Å². The minimum absolute atomic E-state index is 0. The maximum Gasteiger partial charge on any atom is 1.00 e. The summed E-state index contributed by atoms with van der Waals surface area (Å²) in [5.74, 6) is -0.955. The Balaban J connectivity index is 0.00000231. The fourth-order valence-corrected chi connectivity index (χ4v) is 9.36. The molecule has 10 atom stereocenters. The van der Waals surface area contributed by atoms with E-state index in [9.17, 15) is 28.0 Å². The molecule has 0 amide bonds. The number of nitrogens with two attached hydrogens (primary N) is 1. The van der Waals surface area contributed by atoms with Crippen molar-refractivity contribution < 1.29 is 87.1 Å². The second kappa shape index (κ2) is 15.7. The van der Waals surface area contributed by atoms with E-state index in [-0.39, 0.29) is 113 Å². The first kappa shape index (κ1) is 36.0. The Hall–Kier alpha value is 0.500. The zero-order valence-electron chi connectivity index (χ0n) is 24.6. The number of carboxylic acid groups (broad SMARTS) is 1. The first-order valence-corrected chi connectivity index (χ1v) is 16.5. The van der Waals surface area contributed by atoms with Crippen LogP contribution in [0, 0.1) is 29.6 Å². The Morgan fingerprint density at radius 1 is 0.756 bits per heavy atom. The minimum atomic E-state index is -4.64. The van der Waals surface area contributed by atoms with Crippen LogP contribution in [-0.2, 0) is 14.9 Å². The predicted octanol–water partition coefficient (Wildman–Crippen LogP) is -3.66. The van der Waals surface area contributed by atoms with E-state index in [1.165, 1.54) is 0 Å². The van der Waals surface area contributed by atoms with Crippen molar-refractivity contribution in [3.63, 3.8) is 0 Å². The number of carbonyl (C=O) groups excluding carboxylic acids is 1. The third kappa shape index (κ3) is 8.61. The third-order valence-electron chi connectivity index (χ3n) is 10.5. The standard InChI is InChI=1S/C27H45N5O6S.2Na/c28-17-8-5-16-13-24(39(36,37)38)25(26(33)21(16)14-17)32-31-23-12-11-22(19-3-1-2-4-20(19)23)30-29-18-9-6-15(7-10-18)27(34)35;;/h15-26,33H,1-14,28H2,(H,34,35)(H,36,37,38);;/q;2*+1/p-2. The van der Waals surface area contributed by atoms with E-state index < -0.39 is 33.5 Å². The summed E-state index contributed by atoms with van der Waals surface area (Å²) in [6.45, 7) is 0. The van der Waals surface area contributed by atoms with Gasteiger partial charge in [0.25, 0.3) is 0 Å². The maximum absolute atomic E-state index is 12.2. The molecule has 0 bridgehead atoms. The molecule has 220 valence electrons. The molecule has 0 aromatic carbocycles. The van der Waals surface area contributed by atoms with Gasteiger partial charge in [0, 0.05) is 12.0 Å². The molecule has 0 aliphatic heterocycles. The molecule has 0 aromatic rings. The van der Waals surface area contributed by atoms with Gasteiger partial charge in [0.2, 0.25) is 0 Å². The van der Waals surface area contributed by atoms with Crippen molar-refractivity contribution >= 4 is 16.1 Å². The Labute approximate surface area is 288 Å². The molecular weight excluding hydrogens is 568 g/mol. The van der Waals surface area contributed by atoms with Gasteiger partial charge in [-0.05, 0) is 107 Å². The van der Waals surface area contributed by atoms with Crippen LogP contribution in [0.3, 0.4) is 0 Å². The number of aliphatic hydroxyl groups excluding tert-OH is 1. The number of aliphatic carboxylic acids is 1. The summed E-state index contributed by atoms with van der Waals surface area (Å²) in [6, 6.07) is -1.00. The molecule has 14 heteroatoms. The van der Waals surface area contributed by atoms with Crippen molar-refractivity contribution in [1.82, 2.24) is 0 Å². The molecule has 0 heterocycles. The zero-order valence-corrected chi connectivity index (χ0v) is 29.4. The Morgan fingerprint density at radius 2 is 1.34 bits per heavy atom. The molecular formula is C27H43N5Na2O6S. The van der Waals surface area contributed by atoms with E-state index in [2.05, 4.69) is 15.3 Å². The van der Waals surface area contributed by atoms with Crippen LogP contribution in [0.15, 0.2) is 20.5 Å². The van der Waals surface area contributed by atoms with Gasteiger partial charge in [-0.25, -0.2) is 8.42 Å². The number of carboxylic acids is 1. The number of nitrogens with zero attached hydrogens (tertiary/aromatic N) is 4. The molecule has 5 rings (SSSR count). The third-order valence-corrected chi connectivity index (χ3v) is 11.8. The Kier molecular flexibility index (Phi) is 13.7. The summed E-state index contributed by atoms with van der Waals surface area (Å²) in [4.78, 5) is 11.1. The van der Waals surface area contributed by atoms with Gasteiger partial charge in [0.15, 0.2) is 0 Å². The molecule has 5 saturated carbocycles. The Morgan fingerprint density at radius 3 is 1.90 bits per heavy atom. The van der Waals surface area contributed by atoms with Crippen LogP contribution in [0.25, 0.3) is 0 Å². The molecule has 0 aromatic heterocycles. The number of carbonyl (C=O) groups is 1. The summed E-state index contributed by atoms with van der Waals surface area (Å²) >= 11 is 0. The quantitative estimate of drug-likeness (QED) is 0.176. The van der Waals surface area contributed by atoms with Gasteiger partial charge in [-0.1, -0.05) is 12.8 Å². The van der Waals surface area contributed by atoms with E-state index in [1.807, 2.05) is 0 Å². The molecule has 0 radical (unpaired) electrons. The zero-order chi connectivity index (χ0) is 27.7. The van der Waals surface area contributed by atoms with Crippen LogP contribution in [0.5, 0.6) is 0 Å². The van der Waals surface area contributed by atoms with Crippen molar-refractivity contribution in [2.45, 2.75) is 131 Å². The van der Waals surface area contributed by atoms with E-state index >= 15 is 0 Å². The normalized spacial score (nSPS) is 43.4. The van der Waals surface area contributed by atoms with Crippen molar-refractivity contribution in [2.75, 3.05) is 0 Å². The molecule has 41 heavy (non-hydrogen) atoms. The molecule has 5 aliphatic rings. The first-order valence-electron chi connectivity index (χ1n) is 15.0.